The second kappa shape index (κ2) is 6.04. The van der Waals surface area contributed by atoms with Crippen LogP contribution in [0.4, 0.5) is 0 Å². The van der Waals surface area contributed by atoms with E-state index >= 15 is 0 Å². The minimum atomic E-state index is -0.508. The highest BCUT2D eigenvalue weighted by Crippen LogP contribution is 2.68. The fourth-order valence-corrected chi connectivity index (χ4v) is 8.29. The molecule has 4 aliphatic carbocycles. The SMILES string of the molecule is CO[C@@H]1C[C@H]2C[C@](C)(O)CC[C@]2(C)[C@H]2CC[C@]3(C)[C@@H](C(C)=O)CC[C@H]3[C@H]12. The molecular formula is C23H38O3. The van der Waals surface area contributed by atoms with E-state index in [1.165, 1.54) is 19.3 Å². The standard InChI is InChI=1S/C23H38O3/c1-14(24)16-6-7-17-20-18(8-9-23(16,17)4)22(3)11-10-21(2,25)13-15(22)12-19(20)26-5/h15-20,25H,6-13H2,1-5H3/t15-,16+,17-,18-,19+,20-,21+,22-,23+/m0/s1. The lowest BCUT2D eigenvalue weighted by Crippen LogP contribution is -2.60. The Balaban J connectivity index is 1.68. The highest BCUT2D eigenvalue weighted by atomic mass is 16.5. The third-order valence-electron chi connectivity index (χ3n) is 9.74. The molecule has 3 nitrogen and oxygen atoms in total. The molecule has 4 rings (SSSR count). The van der Waals surface area contributed by atoms with Gasteiger partial charge in [-0.15, -0.1) is 0 Å². The van der Waals surface area contributed by atoms with Crippen molar-refractivity contribution in [1.82, 2.24) is 0 Å². The van der Waals surface area contributed by atoms with Gasteiger partial charge in [0.2, 0.25) is 0 Å². The lowest BCUT2D eigenvalue weighted by molar-refractivity contribution is -0.191. The first kappa shape index (κ1) is 18.9. The van der Waals surface area contributed by atoms with Gasteiger partial charge in [-0.3, -0.25) is 4.79 Å². The molecule has 0 bridgehead atoms. The minimum Gasteiger partial charge on any atom is -0.390 e. The molecule has 1 N–H and O–H groups in total. The summed E-state index contributed by atoms with van der Waals surface area (Å²) >= 11 is 0. The van der Waals surface area contributed by atoms with Gasteiger partial charge in [-0.05, 0) is 99.7 Å². The largest absolute Gasteiger partial charge is 0.390 e. The molecule has 4 fully saturated rings. The van der Waals surface area contributed by atoms with E-state index in [2.05, 4.69) is 13.8 Å². The van der Waals surface area contributed by atoms with Crippen molar-refractivity contribution in [2.24, 2.45) is 40.4 Å². The molecule has 0 aromatic carbocycles. The van der Waals surface area contributed by atoms with Crippen LogP contribution in [0.2, 0.25) is 0 Å². The Kier molecular flexibility index (Phi) is 4.40. The van der Waals surface area contributed by atoms with Crippen molar-refractivity contribution in [3.05, 3.63) is 0 Å². The molecule has 0 saturated heterocycles. The molecule has 3 heteroatoms. The smallest absolute Gasteiger partial charge is 0.133 e. The molecule has 0 aromatic rings. The molecule has 0 amide bonds. The number of carbonyl (C=O) groups excluding carboxylic acids is 1. The quantitative estimate of drug-likeness (QED) is 0.780. The second-order valence-corrected chi connectivity index (χ2v) is 11.0. The number of rotatable bonds is 2. The molecule has 0 unspecified atom stereocenters. The molecule has 0 spiro atoms. The first-order valence-corrected chi connectivity index (χ1v) is 10.9. The van der Waals surface area contributed by atoms with Crippen LogP contribution in [0.25, 0.3) is 0 Å². The van der Waals surface area contributed by atoms with Crippen LogP contribution < -0.4 is 0 Å². The number of ketones is 1. The Labute approximate surface area is 159 Å². The highest BCUT2D eigenvalue weighted by molar-refractivity contribution is 5.79. The first-order valence-electron chi connectivity index (χ1n) is 10.9. The van der Waals surface area contributed by atoms with E-state index in [9.17, 15) is 9.90 Å². The summed E-state index contributed by atoms with van der Waals surface area (Å²) in [7, 11) is 1.88. The second-order valence-electron chi connectivity index (χ2n) is 11.0. The van der Waals surface area contributed by atoms with Gasteiger partial charge in [-0.2, -0.15) is 0 Å². The third kappa shape index (κ3) is 2.56. The van der Waals surface area contributed by atoms with Crippen LogP contribution in [0.15, 0.2) is 0 Å². The van der Waals surface area contributed by atoms with Crippen LogP contribution in [0.1, 0.15) is 79.1 Å². The Hall–Kier alpha value is -0.410. The third-order valence-corrected chi connectivity index (χ3v) is 9.74. The lowest BCUT2D eigenvalue weighted by atomic mass is 9.43. The average Bonchev–Trinajstić information content (AvgIpc) is 2.92. The van der Waals surface area contributed by atoms with Gasteiger partial charge >= 0.3 is 0 Å². The van der Waals surface area contributed by atoms with Gasteiger partial charge in [0.25, 0.3) is 0 Å². The van der Waals surface area contributed by atoms with Crippen molar-refractivity contribution in [3.8, 4) is 0 Å². The van der Waals surface area contributed by atoms with E-state index in [1.54, 1.807) is 6.92 Å². The van der Waals surface area contributed by atoms with Crippen molar-refractivity contribution < 1.29 is 14.6 Å². The zero-order valence-corrected chi connectivity index (χ0v) is 17.4. The Morgan fingerprint density at radius 2 is 1.69 bits per heavy atom. The molecule has 4 saturated carbocycles. The maximum Gasteiger partial charge on any atom is 0.133 e. The number of hydrogen-bond acceptors (Lipinski definition) is 3. The molecule has 0 aliphatic heterocycles. The number of aliphatic hydroxyl groups is 1. The summed E-state index contributed by atoms with van der Waals surface area (Å²) in [6, 6.07) is 0. The monoisotopic (exact) mass is 362 g/mol. The summed E-state index contributed by atoms with van der Waals surface area (Å²) in [5.74, 6) is 3.12. The van der Waals surface area contributed by atoms with Crippen LogP contribution in [0.3, 0.4) is 0 Å². The van der Waals surface area contributed by atoms with Crippen molar-refractivity contribution in [3.63, 3.8) is 0 Å². The van der Waals surface area contributed by atoms with Crippen LogP contribution in [-0.4, -0.2) is 29.7 Å². The molecule has 9 atom stereocenters. The average molecular weight is 363 g/mol. The Morgan fingerprint density at radius 3 is 2.35 bits per heavy atom. The van der Waals surface area contributed by atoms with E-state index in [0.717, 1.165) is 32.1 Å². The van der Waals surface area contributed by atoms with Crippen molar-refractivity contribution >= 4 is 5.78 Å². The van der Waals surface area contributed by atoms with E-state index < -0.39 is 5.60 Å². The fourth-order valence-electron chi connectivity index (χ4n) is 8.29. The van der Waals surface area contributed by atoms with Crippen LogP contribution in [0.5, 0.6) is 0 Å². The van der Waals surface area contributed by atoms with E-state index in [4.69, 9.17) is 4.74 Å². The zero-order chi connectivity index (χ0) is 18.9. The molecule has 26 heavy (non-hydrogen) atoms. The number of ether oxygens (including phenoxy) is 1. The van der Waals surface area contributed by atoms with Gasteiger partial charge in [0.1, 0.15) is 5.78 Å². The van der Waals surface area contributed by atoms with E-state index in [-0.39, 0.29) is 11.3 Å². The number of Topliss-reactive ketones (excluding diaryl/α,β-unsaturated/α-hetero) is 1. The summed E-state index contributed by atoms with van der Waals surface area (Å²) < 4.78 is 6.11. The first-order chi connectivity index (χ1) is 12.1. The van der Waals surface area contributed by atoms with Crippen molar-refractivity contribution in [2.75, 3.05) is 7.11 Å². The maximum atomic E-state index is 12.3. The summed E-state index contributed by atoms with van der Waals surface area (Å²) in [5, 5.41) is 10.7. The molecule has 148 valence electrons. The van der Waals surface area contributed by atoms with Crippen molar-refractivity contribution in [2.45, 2.75) is 90.8 Å². The van der Waals surface area contributed by atoms with Gasteiger partial charge in [0.05, 0.1) is 11.7 Å². The van der Waals surface area contributed by atoms with Crippen molar-refractivity contribution in [1.29, 1.82) is 0 Å². The van der Waals surface area contributed by atoms with Gasteiger partial charge in [-0.1, -0.05) is 13.8 Å². The highest BCUT2D eigenvalue weighted by Gasteiger charge is 2.63. The number of hydrogen-bond donors (Lipinski definition) is 1. The summed E-state index contributed by atoms with van der Waals surface area (Å²) in [5.41, 5.74) is -0.00369. The number of methoxy groups -OCH3 is 1. The number of carbonyl (C=O) groups is 1. The molecule has 4 aliphatic rings. The predicted octanol–water partition coefficient (Wildman–Crippen LogP) is 4.61. The van der Waals surface area contributed by atoms with Gasteiger partial charge in [-0.25, -0.2) is 0 Å². The van der Waals surface area contributed by atoms with Crippen LogP contribution in [-0.2, 0) is 9.53 Å². The molecule has 0 radical (unpaired) electrons. The van der Waals surface area contributed by atoms with Gasteiger partial charge < -0.3 is 9.84 Å². The van der Waals surface area contributed by atoms with Crippen LogP contribution in [0, 0.1) is 40.4 Å². The number of fused-ring (bicyclic) bond motifs is 5. The van der Waals surface area contributed by atoms with E-state index in [0.29, 0.717) is 41.0 Å². The summed E-state index contributed by atoms with van der Waals surface area (Å²) in [6.07, 6.45) is 9.06. The molecule has 0 heterocycles. The summed E-state index contributed by atoms with van der Waals surface area (Å²) in [6.45, 7) is 8.74. The Bertz CT molecular complexity index is 584. The summed E-state index contributed by atoms with van der Waals surface area (Å²) in [4.78, 5) is 12.3. The lowest BCUT2D eigenvalue weighted by Gasteiger charge is -2.63. The predicted molar refractivity (Wildman–Crippen MR) is 103 cm³/mol. The normalized spacial score (nSPS) is 56.4. The van der Waals surface area contributed by atoms with Gasteiger partial charge in [0, 0.05) is 13.0 Å². The molecule has 0 aromatic heterocycles. The van der Waals surface area contributed by atoms with Gasteiger partial charge in [0.15, 0.2) is 0 Å². The van der Waals surface area contributed by atoms with E-state index in [1.807, 2.05) is 14.0 Å². The zero-order valence-electron chi connectivity index (χ0n) is 17.4. The van der Waals surface area contributed by atoms with Crippen LogP contribution >= 0.6 is 0 Å². The minimum absolute atomic E-state index is 0.174. The Morgan fingerprint density at radius 1 is 1.00 bits per heavy atom. The topological polar surface area (TPSA) is 46.5 Å². The maximum absolute atomic E-state index is 12.3. The fraction of sp³-hybridized carbons (Fsp3) is 0.957. The molecular weight excluding hydrogens is 324 g/mol.